The van der Waals surface area contributed by atoms with Crippen molar-refractivity contribution < 1.29 is 0 Å². The molecule has 2 N–H and O–H groups in total. The fraction of sp³-hybridized carbons (Fsp3) is 0.417. The molecule has 2 heterocycles. The third-order valence-corrected chi connectivity index (χ3v) is 3.45. The molecule has 0 spiro atoms. The quantitative estimate of drug-likeness (QED) is 0.845. The van der Waals surface area contributed by atoms with E-state index >= 15 is 0 Å². The monoisotopic (exact) mass is 279 g/mol. The average Bonchev–Trinajstić information content (AvgIpc) is 2.73. The van der Waals surface area contributed by atoms with Gasteiger partial charge in [0.1, 0.15) is 5.82 Å². The molecule has 0 saturated heterocycles. The van der Waals surface area contributed by atoms with Gasteiger partial charge in [0.05, 0.1) is 0 Å². The molecule has 0 saturated carbocycles. The minimum Gasteiger partial charge on any atom is -0.370 e. The predicted molar refractivity (Wildman–Crippen MR) is 75.7 cm³/mol. The van der Waals surface area contributed by atoms with E-state index in [-0.39, 0.29) is 5.69 Å². The maximum absolute atomic E-state index is 11.6. The third-order valence-electron chi connectivity index (χ3n) is 2.47. The van der Waals surface area contributed by atoms with Crippen LogP contribution in [0.1, 0.15) is 20.3 Å². The van der Waals surface area contributed by atoms with Gasteiger partial charge in [-0.15, -0.1) is 5.10 Å². The van der Waals surface area contributed by atoms with Gasteiger partial charge < -0.3 is 5.32 Å². The number of aromatic nitrogens is 4. The second-order valence-corrected chi connectivity index (χ2v) is 5.01. The van der Waals surface area contributed by atoms with Gasteiger partial charge in [0, 0.05) is 24.2 Å². The van der Waals surface area contributed by atoms with E-state index in [1.165, 1.54) is 11.8 Å². The molecule has 102 valence electrons. The Bertz CT molecular complexity index is 592. The predicted octanol–water partition coefficient (Wildman–Crippen LogP) is 1.96. The summed E-state index contributed by atoms with van der Waals surface area (Å²) in [6.45, 7) is 5.55. The van der Waals surface area contributed by atoms with Crippen molar-refractivity contribution in [1.29, 1.82) is 0 Å². The van der Waals surface area contributed by atoms with Crippen LogP contribution in [0.4, 0.5) is 5.82 Å². The van der Waals surface area contributed by atoms with Crippen molar-refractivity contribution >= 4 is 17.6 Å². The van der Waals surface area contributed by atoms with Crippen LogP contribution in [0, 0.1) is 0 Å². The van der Waals surface area contributed by atoms with E-state index < -0.39 is 0 Å². The summed E-state index contributed by atoms with van der Waals surface area (Å²) in [7, 11) is 0. The van der Waals surface area contributed by atoms with Crippen LogP contribution in [-0.2, 0) is 6.54 Å². The number of nitrogens with one attached hydrogen (secondary N) is 2. The number of hydrogen-bond acceptors (Lipinski definition) is 5. The first-order valence-corrected chi connectivity index (χ1v) is 7.09. The molecule has 19 heavy (non-hydrogen) atoms. The van der Waals surface area contributed by atoms with E-state index in [4.69, 9.17) is 0 Å². The van der Waals surface area contributed by atoms with E-state index in [2.05, 4.69) is 20.5 Å². The van der Waals surface area contributed by atoms with Crippen molar-refractivity contribution in [2.24, 2.45) is 0 Å². The molecular weight excluding hydrogens is 262 g/mol. The fourth-order valence-electron chi connectivity index (χ4n) is 1.66. The number of H-pyrrole nitrogens is 1. The van der Waals surface area contributed by atoms with Crippen LogP contribution in [0.5, 0.6) is 0 Å². The first kappa shape index (κ1) is 13.7. The lowest BCUT2D eigenvalue weighted by atomic mass is 10.4. The number of anilines is 1. The Balaban J connectivity index is 2.21. The van der Waals surface area contributed by atoms with Gasteiger partial charge in [0.25, 0.3) is 0 Å². The standard InChI is InChI=1S/C12H17N5OS/c1-3-7-17-11(18)15-16-12(17)19-9-5-6-14-10(8-9)13-4-2/h5-6,8H,3-4,7H2,1-2H3,(H,13,14)(H,15,18). The number of rotatable bonds is 6. The minimum absolute atomic E-state index is 0.162. The van der Waals surface area contributed by atoms with Crippen LogP contribution in [0.15, 0.2) is 33.2 Å². The zero-order chi connectivity index (χ0) is 13.7. The smallest absolute Gasteiger partial charge is 0.343 e. The number of aromatic amines is 1. The molecule has 7 heteroatoms. The normalized spacial score (nSPS) is 10.6. The van der Waals surface area contributed by atoms with E-state index in [9.17, 15) is 4.79 Å². The average molecular weight is 279 g/mol. The van der Waals surface area contributed by atoms with Gasteiger partial charge in [-0.2, -0.15) is 0 Å². The van der Waals surface area contributed by atoms with E-state index in [0.717, 1.165) is 23.7 Å². The maximum Gasteiger partial charge on any atom is 0.343 e. The summed E-state index contributed by atoms with van der Waals surface area (Å²) < 4.78 is 1.65. The largest absolute Gasteiger partial charge is 0.370 e. The van der Waals surface area contributed by atoms with Crippen LogP contribution in [0.2, 0.25) is 0 Å². The van der Waals surface area contributed by atoms with Crippen LogP contribution in [-0.4, -0.2) is 26.3 Å². The number of hydrogen-bond donors (Lipinski definition) is 2. The molecular formula is C12H17N5OS. The van der Waals surface area contributed by atoms with E-state index in [0.29, 0.717) is 11.7 Å². The van der Waals surface area contributed by atoms with Gasteiger partial charge in [-0.1, -0.05) is 6.92 Å². The second kappa shape index (κ2) is 6.42. The van der Waals surface area contributed by atoms with Gasteiger partial charge in [0.2, 0.25) is 0 Å². The fourth-order valence-corrected chi connectivity index (χ4v) is 2.55. The van der Waals surface area contributed by atoms with E-state index in [1.807, 2.05) is 26.0 Å². The Hall–Kier alpha value is -1.76. The summed E-state index contributed by atoms with van der Waals surface area (Å²) in [6, 6.07) is 3.85. The highest BCUT2D eigenvalue weighted by atomic mass is 32.2. The lowest BCUT2D eigenvalue weighted by Gasteiger charge is -2.05. The summed E-state index contributed by atoms with van der Waals surface area (Å²) in [5, 5.41) is 10.4. The highest BCUT2D eigenvalue weighted by Gasteiger charge is 2.09. The maximum atomic E-state index is 11.6. The van der Waals surface area contributed by atoms with Crippen molar-refractivity contribution in [3.63, 3.8) is 0 Å². The summed E-state index contributed by atoms with van der Waals surface area (Å²) in [5.74, 6) is 0.826. The van der Waals surface area contributed by atoms with Crippen molar-refractivity contribution in [2.75, 3.05) is 11.9 Å². The molecule has 0 radical (unpaired) electrons. The van der Waals surface area contributed by atoms with Crippen molar-refractivity contribution in [3.05, 3.63) is 28.8 Å². The number of nitrogens with zero attached hydrogens (tertiary/aromatic N) is 3. The Morgan fingerprint density at radius 1 is 1.47 bits per heavy atom. The lowest BCUT2D eigenvalue weighted by molar-refractivity contribution is 0.604. The molecule has 2 aromatic rings. The molecule has 2 rings (SSSR count). The first-order chi connectivity index (χ1) is 9.24. The van der Waals surface area contributed by atoms with Gasteiger partial charge in [-0.05, 0) is 37.2 Å². The van der Waals surface area contributed by atoms with E-state index in [1.54, 1.807) is 10.8 Å². The summed E-state index contributed by atoms with van der Waals surface area (Å²) in [5.41, 5.74) is -0.162. The Morgan fingerprint density at radius 3 is 3.05 bits per heavy atom. The van der Waals surface area contributed by atoms with Crippen LogP contribution < -0.4 is 11.0 Å². The summed E-state index contributed by atoms with van der Waals surface area (Å²) in [6.07, 6.45) is 2.64. The topological polar surface area (TPSA) is 75.6 Å². The Labute approximate surface area is 115 Å². The van der Waals surface area contributed by atoms with Gasteiger partial charge >= 0.3 is 5.69 Å². The third kappa shape index (κ3) is 3.37. The van der Waals surface area contributed by atoms with Crippen LogP contribution in [0.25, 0.3) is 0 Å². The van der Waals surface area contributed by atoms with Gasteiger partial charge in [-0.25, -0.2) is 14.9 Å². The zero-order valence-electron chi connectivity index (χ0n) is 11.0. The molecule has 0 fully saturated rings. The Kier molecular flexibility index (Phi) is 4.62. The molecule has 0 unspecified atom stereocenters. The minimum atomic E-state index is -0.162. The molecule has 0 atom stereocenters. The van der Waals surface area contributed by atoms with Crippen molar-refractivity contribution in [2.45, 2.75) is 36.9 Å². The lowest BCUT2D eigenvalue weighted by Crippen LogP contribution is -2.17. The molecule has 2 aromatic heterocycles. The van der Waals surface area contributed by atoms with Crippen LogP contribution >= 0.6 is 11.8 Å². The molecule has 6 nitrogen and oxygen atoms in total. The molecule has 0 aromatic carbocycles. The van der Waals surface area contributed by atoms with Crippen molar-refractivity contribution in [3.8, 4) is 0 Å². The van der Waals surface area contributed by atoms with Crippen molar-refractivity contribution in [1.82, 2.24) is 19.7 Å². The molecule has 0 amide bonds. The first-order valence-electron chi connectivity index (χ1n) is 6.27. The summed E-state index contributed by atoms with van der Waals surface area (Å²) in [4.78, 5) is 16.8. The molecule has 0 aliphatic carbocycles. The zero-order valence-corrected chi connectivity index (χ0v) is 11.8. The molecule has 0 aliphatic heterocycles. The highest BCUT2D eigenvalue weighted by Crippen LogP contribution is 2.26. The second-order valence-electron chi connectivity index (χ2n) is 3.97. The highest BCUT2D eigenvalue weighted by molar-refractivity contribution is 7.99. The SMILES string of the molecule is CCCn1c(Sc2ccnc(NCC)c2)n[nH]c1=O. The molecule has 0 aliphatic rings. The van der Waals surface area contributed by atoms with Gasteiger partial charge in [0.15, 0.2) is 5.16 Å². The summed E-state index contributed by atoms with van der Waals surface area (Å²) >= 11 is 1.46. The van der Waals surface area contributed by atoms with Crippen LogP contribution in [0.3, 0.4) is 0 Å². The number of pyridine rings is 1. The Morgan fingerprint density at radius 2 is 2.32 bits per heavy atom. The van der Waals surface area contributed by atoms with Gasteiger partial charge in [-0.3, -0.25) is 4.57 Å². The molecule has 0 bridgehead atoms.